The second-order valence-electron chi connectivity index (χ2n) is 4.91. The van der Waals surface area contributed by atoms with Crippen molar-refractivity contribution in [2.75, 3.05) is 11.4 Å². The van der Waals surface area contributed by atoms with Crippen LogP contribution in [0.1, 0.15) is 24.2 Å². The standard InChI is InChI=1S/C16H16FNO/c1-11(19)14-4-2-3-5-15(14)18-9-8-12-6-7-13(17)10-16(12)18/h2-7,10-11,19H,8-9H2,1H3/t11-/m1/s1. The Labute approximate surface area is 112 Å². The van der Waals surface area contributed by atoms with Crippen LogP contribution >= 0.6 is 0 Å². The van der Waals surface area contributed by atoms with Crippen LogP contribution in [0.3, 0.4) is 0 Å². The molecule has 1 heterocycles. The van der Waals surface area contributed by atoms with Gasteiger partial charge in [0.25, 0.3) is 0 Å². The van der Waals surface area contributed by atoms with E-state index in [4.69, 9.17) is 0 Å². The average molecular weight is 257 g/mol. The molecule has 19 heavy (non-hydrogen) atoms. The summed E-state index contributed by atoms with van der Waals surface area (Å²) in [6.07, 6.45) is 0.373. The zero-order chi connectivity index (χ0) is 13.4. The summed E-state index contributed by atoms with van der Waals surface area (Å²) in [7, 11) is 0. The first-order valence-corrected chi connectivity index (χ1v) is 6.50. The normalized spacial score (nSPS) is 15.4. The maximum atomic E-state index is 13.4. The lowest BCUT2D eigenvalue weighted by Gasteiger charge is -2.24. The Morgan fingerprint density at radius 3 is 2.74 bits per heavy atom. The second-order valence-corrected chi connectivity index (χ2v) is 4.91. The van der Waals surface area contributed by atoms with Crippen LogP contribution in [0.25, 0.3) is 0 Å². The van der Waals surface area contributed by atoms with Crippen LogP contribution in [-0.4, -0.2) is 11.7 Å². The number of anilines is 2. The van der Waals surface area contributed by atoms with Crippen LogP contribution in [0.2, 0.25) is 0 Å². The summed E-state index contributed by atoms with van der Waals surface area (Å²) in [5.74, 6) is -0.222. The molecule has 0 amide bonds. The van der Waals surface area contributed by atoms with Gasteiger partial charge in [-0.05, 0) is 37.1 Å². The Balaban J connectivity index is 2.09. The Bertz CT molecular complexity index is 609. The van der Waals surface area contributed by atoms with E-state index in [1.807, 2.05) is 30.3 Å². The highest BCUT2D eigenvalue weighted by atomic mass is 19.1. The Hall–Kier alpha value is -1.87. The molecule has 0 saturated carbocycles. The van der Waals surface area contributed by atoms with Crippen molar-refractivity contribution in [3.05, 3.63) is 59.4 Å². The SMILES string of the molecule is C[C@@H](O)c1ccccc1N1CCc2ccc(F)cc21. The average Bonchev–Trinajstić information content (AvgIpc) is 2.81. The van der Waals surface area contributed by atoms with E-state index < -0.39 is 6.10 Å². The first kappa shape index (κ1) is 12.2. The van der Waals surface area contributed by atoms with Crippen LogP contribution in [0.5, 0.6) is 0 Å². The van der Waals surface area contributed by atoms with E-state index >= 15 is 0 Å². The van der Waals surface area contributed by atoms with Crippen molar-refractivity contribution in [3.8, 4) is 0 Å². The fourth-order valence-electron chi connectivity index (χ4n) is 2.69. The highest BCUT2D eigenvalue weighted by Crippen LogP contribution is 2.38. The Morgan fingerprint density at radius 2 is 1.95 bits per heavy atom. The van der Waals surface area contributed by atoms with E-state index in [0.717, 1.165) is 35.5 Å². The van der Waals surface area contributed by atoms with Gasteiger partial charge in [0.1, 0.15) is 5.82 Å². The van der Waals surface area contributed by atoms with Crippen molar-refractivity contribution >= 4 is 11.4 Å². The quantitative estimate of drug-likeness (QED) is 0.889. The van der Waals surface area contributed by atoms with E-state index in [9.17, 15) is 9.50 Å². The molecule has 3 rings (SSSR count). The third-order valence-electron chi connectivity index (χ3n) is 3.62. The van der Waals surface area contributed by atoms with Gasteiger partial charge in [0, 0.05) is 23.5 Å². The molecule has 2 aromatic carbocycles. The minimum atomic E-state index is -0.534. The maximum Gasteiger partial charge on any atom is 0.125 e. The van der Waals surface area contributed by atoms with Gasteiger partial charge < -0.3 is 10.0 Å². The number of para-hydroxylation sites is 1. The van der Waals surface area contributed by atoms with Gasteiger partial charge in [0.05, 0.1) is 6.10 Å². The number of fused-ring (bicyclic) bond motifs is 1. The predicted molar refractivity (Wildman–Crippen MR) is 74.2 cm³/mol. The largest absolute Gasteiger partial charge is 0.389 e. The maximum absolute atomic E-state index is 13.4. The second kappa shape index (κ2) is 4.67. The van der Waals surface area contributed by atoms with Crippen LogP contribution < -0.4 is 4.90 Å². The number of rotatable bonds is 2. The van der Waals surface area contributed by atoms with E-state index in [-0.39, 0.29) is 5.82 Å². The van der Waals surface area contributed by atoms with Crippen molar-refractivity contribution in [2.24, 2.45) is 0 Å². The fraction of sp³-hybridized carbons (Fsp3) is 0.250. The fourth-order valence-corrected chi connectivity index (χ4v) is 2.69. The number of hydrogen-bond acceptors (Lipinski definition) is 2. The van der Waals surface area contributed by atoms with E-state index in [0.29, 0.717) is 0 Å². The van der Waals surface area contributed by atoms with Gasteiger partial charge >= 0.3 is 0 Å². The Kier molecular flexibility index (Phi) is 2.99. The lowest BCUT2D eigenvalue weighted by molar-refractivity contribution is 0.200. The third kappa shape index (κ3) is 2.10. The van der Waals surface area contributed by atoms with E-state index in [1.54, 1.807) is 13.0 Å². The topological polar surface area (TPSA) is 23.5 Å². The first-order chi connectivity index (χ1) is 9.16. The highest BCUT2D eigenvalue weighted by Gasteiger charge is 2.23. The van der Waals surface area contributed by atoms with Crippen molar-refractivity contribution in [3.63, 3.8) is 0 Å². The number of hydrogen-bond donors (Lipinski definition) is 1. The molecule has 2 nitrogen and oxygen atoms in total. The molecule has 0 fully saturated rings. The zero-order valence-corrected chi connectivity index (χ0v) is 10.8. The number of aliphatic hydroxyl groups excluding tert-OH is 1. The van der Waals surface area contributed by atoms with Gasteiger partial charge in [-0.3, -0.25) is 0 Å². The molecule has 1 aliphatic rings. The van der Waals surface area contributed by atoms with Crippen molar-refractivity contribution in [1.82, 2.24) is 0 Å². The Morgan fingerprint density at radius 1 is 1.16 bits per heavy atom. The molecule has 0 saturated heterocycles. The first-order valence-electron chi connectivity index (χ1n) is 6.50. The molecule has 98 valence electrons. The van der Waals surface area contributed by atoms with Crippen molar-refractivity contribution < 1.29 is 9.50 Å². The minimum Gasteiger partial charge on any atom is -0.389 e. The van der Waals surface area contributed by atoms with Gasteiger partial charge in [0.2, 0.25) is 0 Å². The molecular weight excluding hydrogens is 241 g/mol. The number of aliphatic hydroxyl groups is 1. The van der Waals surface area contributed by atoms with Crippen LogP contribution in [-0.2, 0) is 6.42 Å². The summed E-state index contributed by atoms with van der Waals surface area (Å²) in [5, 5.41) is 9.87. The summed E-state index contributed by atoms with van der Waals surface area (Å²) < 4.78 is 13.4. The van der Waals surface area contributed by atoms with Crippen LogP contribution in [0, 0.1) is 5.82 Å². The van der Waals surface area contributed by atoms with Crippen molar-refractivity contribution in [2.45, 2.75) is 19.4 Å². The van der Waals surface area contributed by atoms with E-state index in [2.05, 4.69) is 4.90 Å². The molecule has 1 atom stereocenters. The molecule has 0 aliphatic carbocycles. The van der Waals surface area contributed by atoms with Crippen LogP contribution in [0.4, 0.5) is 15.8 Å². The summed E-state index contributed by atoms with van der Waals surface area (Å²) in [6, 6.07) is 12.7. The van der Waals surface area contributed by atoms with Crippen molar-refractivity contribution in [1.29, 1.82) is 0 Å². The van der Waals surface area contributed by atoms with Gasteiger partial charge in [-0.25, -0.2) is 4.39 Å². The van der Waals surface area contributed by atoms with Gasteiger partial charge in [-0.2, -0.15) is 0 Å². The molecule has 0 unspecified atom stereocenters. The summed E-state index contributed by atoms with van der Waals surface area (Å²) in [5.41, 5.74) is 3.90. The number of nitrogens with zero attached hydrogens (tertiary/aromatic N) is 1. The zero-order valence-electron chi connectivity index (χ0n) is 10.8. The minimum absolute atomic E-state index is 0.222. The summed E-state index contributed by atoms with van der Waals surface area (Å²) in [6.45, 7) is 2.57. The molecule has 1 N–H and O–H groups in total. The van der Waals surface area contributed by atoms with Gasteiger partial charge in [-0.1, -0.05) is 24.3 Å². The van der Waals surface area contributed by atoms with Gasteiger partial charge in [0.15, 0.2) is 0 Å². The summed E-state index contributed by atoms with van der Waals surface area (Å²) in [4.78, 5) is 2.08. The molecule has 0 spiro atoms. The smallest absolute Gasteiger partial charge is 0.125 e. The third-order valence-corrected chi connectivity index (χ3v) is 3.62. The molecule has 1 aliphatic heterocycles. The molecule has 0 radical (unpaired) electrons. The molecule has 0 bridgehead atoms. The van der Waals surface area contributed by atoms with Gasteiger partial charge in [-0.15, -0.1) is 0 Å². The molecule has 0 aromatic heterocycles. The monoisotopic (exact) mass is 257 g/mol. The van der Waals surface area contributed by atoms with E-state index in [1.165, 1.54) is 6.07 Å². The molecule has 3 heteroatoms. The lowest BCUT2D eigenvalue weighted by Crippen LogP contribution is -2.16. The summed E-state index contributed by atoms with van der Waals surface area (Å²) >= 11 is 0. The van der Waals surface area contributed by atoms with Crippen LogP contribution in [0.15, 0.2) is 42.5 Å². The number of benzene rings is 2. The highest BCUT2D eigenvalue weighted by molar-refractivity contribution is 5.72. The molecular formula is C16H16FNO. The predicted octanol–water partition coefficient (Wildman–Crippen LogP) is 3.57. The molecule has 2 aromatic rings. The lowest BCUT2D eigenvalue weighted by atomic mass is 10.1. The number of halogens is 1.